The zero-order chi connectivity index (χ0) is 13.1. The molecule has 1 aliphatic rings. The van der Waals surface area contributed by atoms with Crippen molar-refractivity contribution >= 4 is 5.91 Å². The van der Waals surface area contributed by atoms with Crippen LogP contribution in [0.2, 0.25) is 0 Å². The molecule has 1 aromatic rings. The average Bonchev–Trinajstić information content (AvgIpc) is 2.38. The maximum absolute atomic E-state index is 11.9. The zero-order valence-corrected chi connectivity index (χ0v) is 10.8. The van der Waals surface area contributed by atoms with E-state index in [1.165, 1.54) is 0 Å². The molecule has 0 atom stereocenters. The van der Waals surface area contributed by atoms with Crippen molar-refractivity contribution in [1.29, 1.82) is 0 Å². The lowest BCUT2D eigenvalue weighted by Gasteiger charge is -2.24. The third kappa shape index (κ3) is 2.49. The molecule has 1 aromatic heterocycles. The Labute approximate surface area is 106 Å². The molecule has 2 rings (SSSR count). The lowest BCUT2D eigenvalue weighted by Crippen LogP contribution is -2.34. The van der Waals surface area contributed by atoms with E-state index in [1.807, 2.05) is 13.8 Å². The van der Waals surface area contributed by atoms with Crippen LogP contribution in [0.5, 0.6) is 0 Å². The third-order valence-electron chi connectivity index (χ3n) is 3.31. The molecule has 0 unspecified atom stereocenters. The highest BCUT2D eigenvalue weighted by molar-refractivity contribution is 5.96. The highest BCUT2D eigenvalue weighted by Crippen LogP contribution is 2.27. The molecular formula is C12H19N5O. The van der Waals surface area contributed by atoms with Crippen molar-refractivity contribution in [2.75, 3.05) is 13.1 Å². The van der Waals surface area contributed by atoms with Gasteiger partial charge in [-0.15, -0.1) is 0 Å². The van der Waals surface area contributed by atoms with Gasteiger partial charge in [-0.25, -0.2) is 15.8 Å². The van der Waals surface area contributed by atoms with E-state index < -0.39 is 0 Å². The topological polar surface area (TPSA) is 92.9 Å². The van der Waals surface area contributed by atoms with E-state index in [0.717, 1.165) is 31.6 Å². The van der Waals surface area contributed by atoms with Crippen molar-refractivity contribution < 1.29 is 4.79 Å². The first-order chi connectivity index (χ1) is 8.63. The second kappa shape index (κ2) is 5.41. The first-order valence-corrected chi connectivity index (χ1v) is 6.20. The minimum atomic E-state index is -0.305. The van der Waals surface area contributed by atoms with Crippen LogP contribution in [-0.2, 0) is 0 Å². The van der Waals surface area contributed by atoms with Gasteiger partial charge in [-0.05, 0) is 39.8 Å². The SMILES string of the molecule is Cc1nc(C)c(C(=O)NN)c(C2CCNCC2)n1. The summed E-state index contributed by atoms with van der Waals surface area (Å²) in [5.74, 6) is 5.95. The molecule has 6 nitrogen and oxygen atoms in total. The molecule has 0 aromatic carbocycles. The van der Waals surface area contributed by atoms with Gasteiger partial charge in [-0.2, -0.15) is 0 Å². The third-order valence-corrected chi connectivity index (χ3v) is 3.31. The number of aryl methyl sites for hydroxylation is 2. The van der Waals surface area contributed by atoms with E-state index in [9.17, 15) is 4.79 Å². The fourth-order valence-corrected chi connectivity index (χ4v) is 2.48. The summed E-state index contributed by atoms with van der Waals surface area (Å²) in [6, 6.07) is 0. The molecule has 0 spiro atoms. The molecule has 2 heterocycles. The van der Waals surface area contributed by atoms with Gasteiger partial charge in [-0.3, -0.25) is 10.2 Å². The van der Waals surface area contributed by atoms with Crippen molar-refractivity contribution in [3.8, 4) is 0 Å². The first kappa shape index (κ1) is 12.9. The molecular weight excluding hydrogens is 230 g/mol. The van der Waals surface area contributed by atoms with Gasteiger partial charge in [0, 0.05) is 5.92 Å². The van der Waals surface area contributed by atoms with Crippen LogP contribution in [-0.4, -0.2) is 29.0 Å². The van der Waals surface area contributed by atoms with Gasteiger partial charge in [0.1, 0.15) is 5.82 Å². The highest BCUT2D eigenvalue weighted by Gasteiger charge is 2.25. The molecule has 98 valence electrons. The summed E-state index contributed by atoms with van der Waals surface area (Å²) >= 11 is 0. The minimum absolute atomic E-state index is 0.305. The number of aromatic nitrogens is 2. The van der Waals surface area contributed by atoms with Gasteiger partial charge in [0.2, 0.25) is 0 Å². The van der Waals surface area contributed by atoms with Crippen molar-refractivity contribution in [2.24, 2.45) is 5.84 Å². The number of carbonyl (C=O) groups is 1. The number of amides is 1. The molecule has 4 N–H and O–H groups in total. The van der Waals surface area contributed by atoms with Crippen LogP contribution < -0.4 is 16.6 Å². The van der Waals surface area contributed by atoms with Crippen LogP contribution in [0.4, 0.5) is 0 Å². The summed E-state index contributed by atoms with van der Waals surface area (Å²) in [6.07, 6.45) is 1.97. The van der Waals surface area contributed by atoms with E-state index in [0.29, 0.717) is 23.0 Å². The standard InChI is InChI=1S/C12H19N5O/c1-7-10(12(18)17-13)11(16-8(2)15-7)9-3-5-14-6-4-9/h9,14H,3-6,13H2,1-2H3,(H,17,18). The number of nitrogen functional groups attached to an aromatic ring is 1. The quantitative estimate of drug-likeness (QED) is 0.394. The van der Waals surface area contributed by atoms with E-state index in [-0.39, 0.29) is 5.91 Å². The molecule has 6 heteroatoms. The van der Waals surface area contributed by atoms with Gasteiger partial charge < -0.3 is 5.32 Å². The fraction of sp³-hybridized carbons (Fsp3) is 0.583. The van der Waals surface area contributed by atoms with Gasteiger partial charge in [-0.1, -0.05) is 0 Å². The van der Waals surface area contributed by atoms with Crippen LogP contribution in [0.3, 0.4) is 0 Å². The predicted octanol–water partition coefficient (Wildman–Crippen LogP) is 0.164. The van der Waals surface area contributed by atoms with Crippen LogP contribution in [0.1, 0.15) is 46.3 Å². The Kier molecular flexibility index (Phi) is 3.88. The van der Waals surface area contributed by atoms with Crippen molar-refractivity contribution in [3.05, 3.63) is 22.8 Å². The average molecular weight is 249 g/mol. The Morgan fingerprint density at radius 1 is 1.33 bits per heavy atom. The maximum Gasteiger partial charge on any atom is 0.268 e. The lowest BCUT2D eigenvalue weighted by atomic mass is 9.90. The summed E-state index contributed by atoms with van der Waals surface area (Å²) < 4.78 is 0. The van der Waals surface area contributed by atoms with E-state index in [1.54, 1.807) is 0 Å². The molecule has 1 aliphatic heterocycles. The van der Waals surface area contributed by atoms with Gasteiger partial charge in [0.25, 0.3) is 5.91 Å². The molecule has 0 aliphatic carbocycles. The van der Waals surface area contributed by atoms with E-state index in [2.05, 4.69) is 20.7 Å². The molecule has 1 fully saturated rings. The van der Waals surface area contributed by atoms with Gasteiger partial charge >= 0.3 is 0 Å². The Morgan fingerprint density at radius 3 is 2.61 bits per heavy atom. The number of nitrogens with one attached hydrogen (secondary N) is 2. The number of nitrogens with zero attached hydrogens (tertiary/aromatic N) is 2. The largest absolute Gasteiger partial charge is 0.317 e. The Morgan fingerprint density at radius 2 is 2.00 bits per heavy atom. The zero-order valence-electron chi connectivity index (χ0n) is 10.8. The molecule has 1 amide bonds. The number of hydrazine groups is 1. The normalized spacial score (nSPS) is 16.6. The van der Waals surface area contributed by atoms with Crippen LogP contribution >= 0.6 is 0 Å². The molecule has 0 bridgehead atoms. The van der Waals surface area contributed by atoms with Crippen LogP contribution in [0.25, 0.3) is 0 Å². The summed E-state index contributed by atoms with van der Waals surface area (Å²) in [7, 11) is 0. The number of nitrogens with two attached hydrogens (primary N) is 1. The Bertz CT molecular complexity index is 454. The Hall–Kier alpha value is -1.53. The predicted molar refractivity (Wildman–Crippen MR) is 68.0 cm³/mol. The van der Waals surface area contributed by atoms with Gasteiger partial charge in [0.15, 0.2) is 0 Å². The van der Waals surface area contributed by atoms with Crippen LogP contribution in [0.15, 0.2) is 0 Å². The van der Waals surface area contributed by atoms with Crippen molar-refractivity contribution in [3.63, 3.8) is 0 Å². The number of hydrogen-bond donors (Lipinski definition) is 3. The Balaban J connectivity index is 2.45. The number of rotatable bonds is 2. The number of carbonyl (C=O) groups excluding carboxylic acids is 1. The van der Waals surface area contributed by atoms with Crippen molar-refractivity contribution in [1.82, 2.24) is 20.7 Å². The summed E-state index contributed by atoms with van der Waals surface area (Å²) in [5.41, 5.74) is 4.25. The summed E-state index contributed by atoms with van der Waals surface area (Å²) in [5, 5.41) is 3.31. The molecule has 18 heavy (non-hydrogen) atoms. The van der Waals surface area contributed by atoms with Gasteiger partial charge in [0.05, 0.1) is 17.0 Å². The molecule has 0 saturated carbocycles. The second-order valence-electron chi connectivity index (χ2n) is 4.61. The molecule has 1 saturated heterocycles. The van der Waals surface area contributed by atoms with E-state index >= 15 is 0 Å². The molecule has 0 radical (unpaired) electrons. The van der Waals surface area contributed by atoms with Crippen molar-refractivity contribution in [2.45, 2.75) is 32.6 Å². The minimum Gasteiger partial charge on any atom is -0.317 e. The second-order valence-corrected chi connectivity index (χ2v) is 4.61. The van der Waals surface area contributed by atoms with E-state index in [4.69, 9.17) is 5.84 Å². The number of hydrogen-bond acceptors (Lipinski definition) is 5. The van der Waals surface area contributed by atoms with Crippen LogP contribution in [0, 0.1) is 13.8 Å². The fourth-order valence-electron chi connectivity index (χ4n) is 2.48. The number of piperidine rings is 1. The summed E-state index contributed by atoms with van der Waals surface area (Å²) in [4.78, 5) is 20.6. The highest BCUT2D eigenvalue weighted by atomic mass is 16.2. The first-order valence-electron chi connectivity index (χ1n) is 6.20. The smallest absolute Gasteiger partial charge is 0.268 e. The maximum atomic E-state index is 11.9. The lowest BCUT2D eigenvalue weighted by molar-refractivity contribution is 0.0950. The monoisotopic (exact) mass is 249 g/mol. The summed E-state index contributed by atoms with van der Waals surface area (Å²) in [6.45, 7) is 5.58.